The van der Waals surface area contributed by atoms with E-state index in [-0.39, 0.29) is 17.4 Å². The number of hydrogen-bond acceptors (Lipinski definition) is 2. The molecule has 10 aromatic rings. The van der Waals surface area contributed by atoms with Gasteiger partial charge in [0.2, 0.25) is 0 Å². The number of hydrogen-bond donors (Lipinski definition) is 0. The molecule has 2 nitrogen and oxygen atoms in total. The van der Waals surface area contributed by atoms with Gasteiger partial charge in [-0.25, -0.2) is 0 Å². The zero-order chi connectivity index (χ0) is 39.7. The molecule has 0 amide bonds. The Morgan fingerprint density at radius 2 is 1.27 bits per heavy atom. The number of thiophene rings is 1. The number of anilines is 2. The fourth-order valence-corrected chi connectivity index (χ4v) is 12.2. The van der Waals surface area contributed by atoms with Crippen molar-refractivity contribution >= 4 is 70.3 Å². The number of allylic oxidation sites excluding steroid dienone is 2. The van der Waals surface area contributed by atoms with Crippen molar-refractivity contribution in [2.75, 3.05) is 4.90 Å². The van der Waals surface area contributed by atoms with Crippen LogP contribution in [0.2, 0.25) is 0 Å². The third-order valence-corrected chi connectivity index (χ3v) is 14.9. The molecule has 1 aliphatic heterocycles. The van der Waals surface area contributed by atoms with E-state index in [2.05, 4.69) is 217 Å². The van der Waals surface area contributed by atoms with E-state index in [1.54, 1.807) is 0 Å². The second-order valence-corrected chi connectivity index (χ2v) is 18.3. The summed E-state index contributed by atoms with van der Waals surface area (Å²) in [4.78, 5) is 2.62. The number of nitrogens with zero attached hydrogens (tertiary/aromatic N) is 2. The van der Waals surface area contributed by atoms with Crippen LogP contribution in [0.4, 0.5) is 11.4 Å². The van der Waals surface area contributed by atoms with E-state index in [0.717, 1.165) is 0 Å². The van der Waals surface area contributed by atoms with Gasteiger partial charge in [-0.05, 0) is 87.5 Å². The van der Waals surface area contributed by atoms with Crippen molar-refractivity contribution in [2.45, 2.75) is 31.2 Å². The first-order valence-corrected chi connectivity index (χ1v) is 21.9. The molecule has 13 rings (SSSR count). The molecule has 0 bridgehead atoms. The van der Waals surface area contributed by atoms with Gasteiger partial charge in [0.25, 0.3) is 0 Å². The smallest absolute Gasteiger partial charge is 0.0630 e. The summed E-state index contributed by atoms with van der Waals surface area (Å²) in [6.07, 6.45) is 7.41. The summed E-state index contributed by atoms with van der Waals surface area (Å²) >= 11 is 1.92. The number of para-hydroxylation sites is 4. The third-order valence-electron chi connectivity index (χ3n) is 13.7. The lowest BCUT2D eigenvalue weighted by molar-refractivity contribution is 0.660. The Labute approximate surface area is 353 Å². The van der Waals surface area contributed by atoms with Gasteiger partial charge in [0.15, 0.2) is 0 Å². The number of fused-ring (bicyclic) bond motifs is 12. The molecule has 2 atom stereocenters. The third kappa shape index (κ3) is 4.70. The molecule has 0 spiro atoms. The average Bonchev–Trinajstić information content (AvgIpc) is 4.01. The van der Waals surface area contributed by atoms with Crippen LogP contribution in [0.5, 0.6) is 0 Å². The van der Waals surface area contributed by atoms with Crippen LogP contribution < -0.4 is 4.90 Å². The quantitative estimate of drug-likeness (QED) is 0.173. The van der Waals surface area contributed by atoms with E-state index in [1.165, 1.54) is 109 Å². The summed E-state index contributed by atoms with van der Waals surface area (Å²) < 4.78 is 5.13. The number of benzene rings is 8. The molecule has 284 valence electrons. The van der Waals surface area contributed by atoms with Crippen LogP contribution in [0, 0.1) is 0 Å². The molecule has 3 heterocycles. The van der Waals surface area contributed by atoms with Crippen LogP contribution in [0.1, 0.15) is 42.0 Å². The van der Waals surface area contributed by atoms with Gasteiger partial charge in [-0.15, -0.1) is 11.3 Å². The van der Waals surface area contributed by atoms with E-state index in [1.807, 2.05) is 11.3 Å². The first-order chi connectivity index (χ1) is 29.5. The Kier molecular flexibility index (Phi) is 7.10. The second-order valence-electron chi connectivity index (χ2n) is 17.2. The largest absolute Gasteiger partial charge is 0.333 e. The lowest BCUT2D eigenvalue weighted by Crippen LogP contribution is -2.29. The standard InChI is InChI=1S/C57H40N2S/c1-57(2)49-23-10-6-17-40(49)41-29-27-36(32-50(41)57)46-33-38(34-48-44-20-9-13-26-54(44)60-56(46)48)58-51-24-11-8-19-43(51)47-31-35(28-30-53(47)58)39-21-14-22-45-42-18-7-12-25-52(42)59(55(39)45)37-15-4-3-5-16-37/h3-34,47,53H,1-2H3. The van der Waals surface area contributed by atoms with Crippen LogP contribution in [0.15, 0.2) is 194 Å². The molecule has 2 aliphatic carbocycles. The van der Waals surface area contributed by atoms with Crippen molar-refractivity contribution in [3.63, 3.8) is 0 Å². The predicted octanol–water partition coefficient (Wildman–Crippen LogP) is 15.4. The van der Waals surface area contributed by atoms with Crippen LogP contribution >= 0.6 is 11.3 Å². The van der Waals surface area contributed by atoms with Gasteiger partial charge in [-0.3, -0.25) is 0 Å². The first-order valence-electron chi connectivity index (χ1n) is 21.1. The van der Waals surface area contributed by atoms with Gasteiger partial charge < -0.3 is 9.47 Å². The maximum atomic E-state index is 2.62. The molecule has 0 fully saturated rings. The van der Waals surface area contributed by atoms with Crippen LogP contribution in [0.3, 0.4) is 0 Å². The van der Waals surface area contributed by atoms with E-state index < -0.39 is 0 Å². The summed E-state index contributed by atoms with van der Waals surface area (Å²) in [6, 6.07) is 65.8. The maximum absolute atomic E-state index is 2.62. The molecular weight excluding hydrogens is 745 g/mol. The first kappa shape index (κ1) is 34.0. The SMILES string of the molecule is CC1(C)c2ccccc2-c2ccc(-c3cc(N4c5ccccc5C5C=C(c6cccc7c8ccccc8n(-c8ccccc8)c67)C=CC54)cc4c3sc3ccccc34)cc21. The predicted molar refractivity (Wildman–Crippen MR) is 255 cm³/mol. The molecular formula is C57H40N2S. The Hall–Kier alpha value is -6.94. The van der Waals surface area contributed by atoms with Crippen LogP contribution in [-0.2, 0) is 5.41 Å². The molecule has 3 heteroatoms. The van der Waals surface area contributed by atoms with Gasteiger partial charge in [0.05, 0.1) is 17.1 Å². The highest BCUT2D eigenvalue weighted by Crippen LogP contribution is 2.54. The molecule has 2 unspecified atom stereocenters. The Balaban J connectivity index is 0.984. The Bertz CT molecular complexity index is 3490. The summed E-state index contributed by atoms with van der Waals surface area (Å²) in [5.74, 6) is 0.184. The molecule has 60 heavy (non-hydrogen) atoms. The van der Waals surface area contributed by atoms with Crippen molar-refractivity contribution in [3.8, 4) is 27.9 Å². The van der Waals surface area contributed by atoms with Crippen molar-refractivity contribution in [1.82, 2.24) is 4.57 Å². The fourth-order valence-electron chi connectivity index (χ4n) is 11.0. The normalized spacial score (nSPS) is 17.3. The van der Waals surface area contributed by atoms with Crippen molar-refractivity contribution < 1.29 is 0 Å². The van der Waals surface area contributed by atoms with Crippen molar-refractivity contribution in [2.24, 2.45) is 0 Å². The van der Waals surface area contributed by atoms with Crippen molar-refractivity contribution in [1.29, 1.82) is 0 Å². The molecule has 3 aliphatic rings. The highest BCUT2D eigenvalue weighted by atomic mass is 32.1. The molecule has 0 N–H and O–H groups in total. The summed E-state index contributed by atoms with van der Waals surface area (Å²) in [5, 5.41) is 5.20. The summed E-state index contributed by atoms with van der Waals surface area (Å²) in [7, 11) is 0. The van der Waals surface area contributed by atoms with E-state index in [4.69, 9.17) is 0 Å². The summed E-state index contributed by atoms with van der Waals surface area (Å²) in [5.41, 5.74) is 18.1. The van der Waals surface area contributed by atoms with Crippen LogP contribution in [-0.4, -0.2) is 10.6 Å². The minimum absolute atomic E-state index is 0.0728. The van der Waals surface area contributed by atoms with E-state index in [0.29, 0.717) is 0 Å². The fraction of sp³-hybridized carbons (Fsp3) is 0.0877. The van der Waals surface area contributed by atoms with Gasteiger partial charge in [0.1, 0.15) is 0 Å². The van der Waals surface area contributed by atoms with Crippen LogP contribution in [0.25, 0.3) is 75.5 Å². The monoisotopic (exact) mass is 784 g/mol. The van der Waals surface area contributed by atoms with Crippen molar-refractivity contribution in [3.05, 3.63) is 216 Å². The maximum Gasteiger partial charge on any atom is 0.0630 e. The zero-order valence-corrected chi connectivity index (χ0v) is 34.2. The number of aromatic nitrogens is 1. The minimum Gasteiger partial charge on any atom is -0.333 e. The van der Waals surface area contributed by atoms with E-state index in [9.17, 15) is 0 Å². The highest BCUT2D eigenvalue weighted by molar-refractivity contribution is 7.26. The van der Waals surface area contributed by atoms with Gasteiger partial charge in [-0.2, -0.15) is 0 Å². The molecule has 8 aromatic carbocycles. The summed E-state index contributed by atoms with van der Waals surface area (Å²) in [6.45, 7) is 4.76. The lowest BCUT2D eigenvalue weighted by atomic mass is 9.81. The molecule has 2 aromatic heterocycles. The Morgan fingerprint density at radius 1 is 0.533 bits per heavy atom. The molecule has 0 radical (unpaired) electrons. The number of rotatable bonds is 4. The topological polar surface area (TPSA) is 8.17 Å². The Morgan fingerprint density at radius 3 is 2.18 bits per heavy atom. The average molecular weight is 785 g/mol. The zero-order valence-electron chi connectivity index (χ0n) is 33.4. The van der Waals surface area contributed by atoms with Gasteiger partial charge in [-0.1, -0.05) is 159 Å². The van der Waals surface area contributed by atoms with E-state index >= 15 is 0 Å². The second kappa shape index (κ2) is 12.5. The minimum atomic E-state index is -0.0728. The molecule has 0 saturated heterocycles. The molecule has 0 saturated carbocycles. The highest BCUT2D eigenvalue weighted by Gasteiger charge is 2.39. The lowest BCUT2D eigenvalue weighted by Gasteiger charge is -2.30. The van der Waals surface area contributed by atoms with Gasteiger partial charge in [0, 0.05) is 70.5 Å². The van der Waals surface area contributed by atoms with Gasteiger partial charge >= 0.3 is 0 Å².